The summed E-state index contributed by atoms with van der Waals surface area (Å²) in [6.07, 6.45) is 0. The van der Waals surface area contributed by atoms with E-state index in [1.807, 2.05) is 13.8 Å². The number of aromatic amines is 1. The summed E-state index contributed by atoms with van der Waals surface area (Å²) in [5.41, 5.74) is 0.716. The third kappa shape index (κ3) is 3.97. The third-order valence-electron chi connectivity index (χ3n) is 2.34. The summed E-state index contributed by atoms with van der Waals surface area (Å²) in [7, 11) is 0. The fraction of sp³-hybridized carbons (Fsp3) is 0.250. The first-order valence-electron chi connectivity index (χ1n) is 5.66. The second-order valence-electron chi connectivity index (χ2n) is 3.96. The Labute approximate surface area is 120 Å². The lowest BCUT2D eigenvalue weighted by atomic mass is 10.3. The summed E-state index contributed by atoms with van der Waals surface area (Å²) < 4.78 is 0. The maximum absolute atomic E-state index is 12.0. The predicted molar refractivity (Wildman–Crippen MR) is 76.5 cm³/mol. The van der Waals surface area contributed by atoms with Crippen LogP contribution in [0.1, 0.15) is 12.7 Å². The molecule has 0 aliphatic heterocycles. The van der Waals surface area contributed by atoms with Crippen LogP contribution in [0.2, 0.25) is 5.02 Å². The van der Waals surface area contributed by atoms with Gasteiger partial charge in [-0.15, -0.1) is 5.10 Å². The maximum atomic E-state index is 12.0. The van der Waals surface area contributed by atoms with Gasteiger partial charge in [0.15, 0.2) is 0 Å². The molecule has 1 aromatic heterocycles. The molecule has 0 bridgehead atoms. The van der Waals surface area contributed by atoms with E-state index in [0.29, 0.717) is 15.9 Å². The molecular weight excluding hydrogens is 284 g/mol. The monoisotopic (exact) mass is 296 g/mol. The third-order valence-corrected chi connectivity index (χ3v) is 3.55. The molecule has 2 aromatic rings. The van der Waals surface area contributed by atoms with Crippen LogP contribution in [-0.4, -0.2) is 26.3 Å². The molecule has 0 fully saturated rings. The SMILES string of the molecule is Cc1nc(S[C@H](C)C(=O)Nc2ccc(Cl)cc2)n[nH]1. The van der Waals surface area contributed by atoms with Crippen LogP contribution >= 0.6 is 23.4 Å². The molecule has 2 N–H and O–H groups in total. The van der Waals surface area contributed by atoms with Crippen LogP contribution in [-0.2, 0) is 4.79 Å². The Balaban J connectivity index is 1.94. The normalized spacial score (nSPS) is 12.2. The smallest absolute Gasteiger partial charge is 0.237 e. The molecule has 5 nitrogen and oxygen atoms in total. The van der Waals surface area contributed by atoms with E-state index in [0.717, 1.165) is 5.82 Å². The van der Waals surface area contributed by atoms with Crippen molar-refractivity contribution in [1.82, 2.24) is 15.2 Å². The molecule has 1 amide bonds. The average molecular weight is 297 g/mol. The van der Waals surface area contributed by atoms with Gasteiger partial charge in [0.25, 0.3) is 0 Å². The molecule has 0 saturated carbocycles. The molecule has 0 spiro atoms. The number of halogens is 1. The number of anilines is 1. The highest BCUT2D eigenvalue weighted by molar-refractivity contribution is 8.00. The number of carbonyl (C=O) groups excluding carboxylic acids is 1. The Kier molecular flexibility index (Phi) is 4.44. The van der Waals surface area contributed by atoms with Crippen LogP contribution in [0.15, 0.2) is 29.4 Å². The number of nitrogens with one attached hydrogen (secondary N) is 2. The van der Waals surface area contributed by atoms with E-state index in [-0.39, 0.29) is 11.2 Å². The van der Waals surface area contributed by atoms with Gasteiger partial charge in [-0.25, -0.2) is 4.98 Å². The lowest BCUT2D eigenvalue weighted by Crippen LogP contribution is -2.22. The van der Waals surface area contributed by atoms with E-state index < -0.39 is 0 Å². The topological polar surface area (TPSA) is 70.7 Å². The Hall–Kier alpha value is -1.53. The number of hydrogen-bond donors (Lipinski definition) is 2. The van der Waals surface area contributed by atoms with Crippen molar-refractivity contribution in [2.75, 3.05) is 5.32 Å². The molecule has 1 atom stereocenters. The molecular formula is C12H13ClN4OS. The predicted octanol–water partition coefficient (Wildman–Crippen LogP) is 2.89. The molecule has 0 saturated heterocycles. The second-order valence-corrected chi connectivity index (χ2v) is 5.70. The number of hydrogen-bond acceptors (Lipinski definition) is 4. The number of benzene rings is 1. The minimum absolute atomic E-state index is 0.102. The highest BCUT2D eigenvalue weighted by atomic mass is 35.5. The fourth-order valence-corrected chi connectivity index (χ4v) is 2.26. The van der Waals surface area contributed by atoms with Crippen LogP contribution in [0.25, 0.3) is 0 Å². The van der Waals surface area contributed by atoms with E-state index in [1.165, 1.54) is 11.8 Å². The molecule has 2 rings (SSSR count). The average Bonchev–Trinajstić information content (AvgIpc) is 2.77. The Morgan fingerprint density at radius 3 is 2.68 bits per heavy atom. The summed E-state index contributed by atoms with van der Waals surface area (Å²) in [6, 6.07) is 6.98. The number of H-pyrrole nitrogens is 1. The van der Waals surface area contributed by atoms with E-state index in [9.17, 15) is 4.79 Å². The quantitative estimate of drug-likeness (QED) is 0.851. The van der Waals surface area contributed by atoms with Crippen LogP contribution in [0.5, 0.6) is 0 Å². The number of rotatable bonds is 4. The molecule has 7 heteroatoms. The molecule has 0 unspecified atom stereocenters. The number of aromatic nitrogens is 3. The first-order valence-corrected chi connectivity index (χ1v) is 6.92. The second kappa shape index (κ2) is 6.08. The van der Waals surface area contributed by atoms with Crippen molar-refractivity contribution in [3.05, 3.63) is 35.1 Å². The standard InChI is InChI=1S/C12H13ClN4OS/c1-7(19-12-14-8(2)16-17-12)11(18)15-10-5-3-9(13)4-6-10/h3-7H,1-2H3,(H,15,18)(H,14,16,17)/t7-/m1/s1. The van der Waals surface area contributed by atoms with Gasteiger partial charge in [0.05, 0.1) is 5.25 Å². The van der Waals surface area contributed by atoms with Crippen molar-refractivity contribution < 1.29 is 4.79 Å². The van der Waals surface area contributed by atoms with Crippen molar-refractivity contribution in [3.8, 4) is 0 Å². The lowest BCUT2D eigenvalue weighted by Gasteiger charge is -2.10. The summed E-state index contributed by atoms with van der Waals surface area (Å²) >= 11 is 7.09. The minimum Gasteiger partial charge on any atom is -0.325 e. The largest absolute Gasteiger partial charge is 0.325 e. The van der Waals surface area contributed by atoms with Gasteiger partial charge in [0.2, 0.25) is 11.1 Å². The van der Waals surface area contributed by atoms with Crippen molar-refractivity contribution in [3.63, 3.8) is 0 Å². The molecule has 1 heterocycles. The first kappa shape index (κ1) is 13.9. The van der Waals surface area contributed by atoms with Crippen molar-refractivity contribution in [1.29, 1.82) is 0 Å². The van der Waals surface area contributed by atoms with Crippen LogP contribution < -0.4 is 5.32 Å². The van der Waals surface area contributed by atoms with Gasteiger partial charge in [-0.05, 0) is 38.1 Å². The van der Waals surface area contributed by atoms with Crippen LogP contribution in [0.4, 0.5) is 5.69 Å². The zero-order valence-corrected chi connectivity index (χ0v) is 12.0. The van der Waals surface area contributed by atoms with E-state index in [2.05, 4.69) is 20.5 Å². The minimum atomic E-state index is -0.286. The lowest BCUT2D eigenvalue weighted by molar-refractivity contribution is -0.115. The molecule has 0 aliphatic rings. The van der Waals surface area contributed by atoms with Crippen LogP contribution in [0.3, 0.4) is 0 Å². The van der Waals surface area contributed by atoms with Gasteiger partial charge in [-0.1, -0.05) is 23.4 Å². The number of nitrogens with zero attached hydrogens (tertiary/aromatic N) is 2. The van der Waals surface area contributed by atoms with E-state index in [4.69, 9.17) is 11.6 Å². The van der Waals surface area contributed by atoms with Gasteiger partial charge >= 0.3 is 0 Å². The van der Waals surface area contributed by atoms with Crippen LogP contribution in [0, 0.1) is 6.92 Å². The Morgan fingerprint density at radius 1 is 1.42 bits per heavy atom. The molecule has 0 aliphatic carbocycles. The van der Waals surface area contributed by atoms with Gasteiger partial charge in [-0.2, -0.15) is 0 Å². The Morgan fingerprint density at radius 2 is 2.11 bits per heavy atom. The first-order chi connectivity index (χ1) is 9.04. The molecule has 19 heavy (non-hydrogen) atoms. The number of carbonyl (C=O) groups is 1. The zero-order chi connectivity index (χ0) is 13.8. The van der Waals surface area contributed by atoms with Crippen molar-refractivity contribution in [2.24, 2.45) is 0 Å². The summed E-state index contributed by atoms with van der Waals surface area (Å²) in [4.78, 5) is 16.1. The summed E-state index contributed by atoms with van der Waals surface area (Å²) in [5.74, 6) is 0.627. The maximum Gasteiger partial charge on any atom is 0.237 e. The molecule has 1 aromatic carbocycles. The molecule has 0 radical (unpaired) electrons. The fourth-order valence-electron chi connectivity index (χ4n) is 1.36. The van der Waals surface area contributed by atoms with Gasteiger partial charge in [0, 0.05) is 10.7 Å². The highest BCUT2D eigenvalue weighted by Crippen LogP contribution is 2.21. The molecule has 100 valence electrons. The Bertz CT molecular complexity index is 569. The number of aryl methyl sites for hydroxylation is 1. The highest BCUT2D eigenvalue weighted by Gasteiger charge is 2.16. The summed E-state index contributed by atoms with van der Waals surface area (Å²) in [5, 5.41) is 10.5. The van der Waals surface area contributed by atoms with Crippen molar-refractivity contribution >= 4 is 35.0 Å². The van der Waals surface area contributed by atoms with E-state index >= 15 is 0 Å². The number of amides is 1. The number of thioether (sulfide) groups is 1. The summed E-state index contributed by atoms with van der Waals surface area (Å²) in [6.45, 7) is 3.62. The van der Waals surface area contributed by atoms with Crippen molar-refractivity contribution in [2.45, 2.75) is 24.3 Å². The van der Waals surface area contributed by atoms with E-state index in [1.54, 1.807) is 24.3 Å². The zero-order valence-electron chi connectivity index (χ0n) is 10.5. The van der Waals surface area contributed by atoms with Gasteiger partial charge in [0.1, 0.15) is 5.82 Å². The van der Waals surface area contributed by atoms with Gasteiger partial charge in [-0.3, -0.25) is 9.89 Å². The van der Waals surface area contributed by atoms with Gasteiger partial charge < -0.3 is 5.32 Å².